The smallest absolute Gasteiger partial charge is 0.254 e. The van der Waals surface area contributed by atoms with Crippen LogP contribution in [-0.4, -0.2) is 40.5 Å². The monoisotopic (exact) mass is 323 g/mol. The molecular formula is C19H21N3O2. The third kappa shape index (κ3) is 2.91. The van der Waals surface area contributed by atoms with E-state index in [1.54, 1.807) is 6.20 Å². The van der Waals surface area contributed by atoms with Gasteiger partial charge in [0.2, 0.25) is 0 Å². The Morgan fingerprint density at radius 1 is 1.25 bits per heavy atom. The SMILES string of the molecule is Cc1ccnc(C2CN(C(=O)c3ccc4c(c3)CCC4)CCO2)n1. The lowest BCUT2D eigenvalue weighted by Crippen LogP contribution is -2.42. The first-order chi connectivity index (χ1) is 11.7. The van der Waals surface area contributed by atoms with Crippen molar-refractivity contribution in [2.75, 3.05) is 19.7 Å². The molecule has 0 saturated carbocycles. The average Bonchev–Trinajstić information content (AvgIpc) is 3.09. The maximum Gasteiger partial charge on any atom is 0.254 e. The maximum absolute atomic E-state index is 12.9. The molecule has 5 nitrogen and oxygen atoms in total. The van der Waals surface area contributed by atoms with Crippen molar-refractivity contribution in [3.8, 4) is 0 Å². The van der Waals surface area contributed by atoms with Gasteiger partial charge in [0.05, 0.1) is 13.2 Å². The van der Waals surface area contributed by atoms with Crippen molar-refractivity contribution in [2.24, 2.45) is 0 Å². The van der Waals surface area contributed by atoms with Gasteiger partial charge in [-0.05, 0) is 55.5 Å². The van der Waals surface area contributed by atoms with Crippen molar-refractivity contribution >= 4 is 5.91 Å². The number of hydrogen-bond acceptors (Lipinski definition) is 4. The molecule has 1 aromatic heterocycles. The zero-order valence-corrected chi connectivity index (χ0v) is 13.9. The third-order valence-corrected chi connectivity index (χ3v) is 4.80. The summed E-state index contributed by atoms with van der Waals surface area (Å²) in [6.45, 7) is 3.55. The number of ether oxygens (including phenoxy) is 1. The number of benzene rings is 1. The first-order valence-corrected chi connectivity index (χ1v) is 8.53. The molecule has 24 heavy (non-hydrogen) atoms. The molecular weight excluding hydrogens is 302 g/mol. The van der Waals surface area contributed by atoms with Gasteiger partial charge < -0.3 is 9.64 Å². The summed E-state index contributed by atoms with van der Waals surface area (Å²) in [5.41, 5.74) is 4.40. The van der Waals surface area contributed by atoms with E-state index in [4.69, 9.17) is 4.74 Å². The Balaban J connectivity index is 1.52. The molecule has 1 saturated heterocycles. The summed E-state index contributed by atoms with van der Waals surface area (Å²) in [5, 5.41) is 0. The van der Waals surface area contributed by atoms with E-state index in [1.165, 1.54) is 17.5 Å². The molecule has 0 bridgehead atoms. The maximum atomic E-state index is 12.9. The van der Waals surface area contributed by atoms with Crippen LogP contribution in [0.4, 0.5) is 0 Å². The lowest BCUT2D eigenvalue weighted by molar-refractivity contribution is -0.0268. The zero-order valence-electron chi connectivity index (χ0n) is 13.9. The van der Waals surface area contributed by atoms with Crippen molar-refractivity contribution in [2.45, 2.75) is 32.3 Å². The quantitative estimate of drug-likeness (QED) is 0.852. The van der Waals surface area contributed by atoms with E-state index in [-0.39, 0.29) is 12.0 Å². The molecule has 1 aliphatic heterocycles. The molecule has 2 heterocycles. The summed E-state index contributed by atoms with van der Waals surface area (Å²) in [6, 6.07) is 8.00. The molecule has 124 valence electrons. The standard InChI is InChI=1S/C19H21N3O2/c1-13-7-8-20-18(21-13)17-12-22(9-10-24-17)19(23)16-6-5-14-3-2-4-15(14)11-16/h5-8,11,17H,2-4,9-10,12H2,1H3. The highest BCUT2D eigenvalue weighted by Gasteiger charge is 2.28. The highest BCUT2D eigenvalue weighted by molar-refractivity contribution is 5.94. The molecule has 2 aromatic rings. The number of nitrogens with zero attached hydrogens (tertiary/aromatic N) is 3. The van der Waals surface area contributed by atoms with E-state index < -0.39 is 0 Å². The molecule has 0 radical (unpaired) electrons. The predicted molar refractivity (Wildman–Crippen MR) is 89.8 cm³/mol. The van der Waals surface area contributed by atoms with Gasteiger partial charge in [0.15, 0.2) is 5.82 Å². The van der Waals surface area contributed by atoms with Crippen LogP contribution in [0.1, 0.15) is 45.5 Å². The molecule has 1 aromatic carbocycles. The first-order valence-electron chi connectivity index (χ1n) is 8.53. The van der Waals surface area contributed by atoms with Crippen LogP contribution in [-0.2, 0) is 17.6 Å². The Labute approximate surface area is 141 Å². The number of fused-ring (bicyclic) bond motifs is 1. The van der Waals surface area contributed by atoms with Crippen molar-refractivity contribution in [1.29, 1.82) is 0 Å². The summed E-state index contributed by atoms with van der Waals surface area (Å²) < 4.78 is 5.79. The number of carbonyl (C=O) groups excluding carboxylic acids is 1. The van der Waals surface area contributed by atoms with Crippen LogP contribution in [0.3, 0.4) is 0 Å². The summed E-state index contributed by atoms with van der Waals surface area (Å²) in [5.74, 6) is 0.729. The predicted octanol–water partition coefficient (Wildman–Crippen LogP) is 2.49. The van der Waals surface area contributed by atoms with Crippen LogP contribution in [0.15, 0.2) is 30.5 Å². The van der Waals surface area contributed by atoms with Crippen molar-refractivity contribution < 1.29 is 9.53 Å². The summed E-state index contributed by atoms with van der Waals surface area (Å²) in [6.07, 6.45) is 4.89. The fourth-order valence-corrected chi connectivity index (χ4v) is 3.50. The second-order valence-corrected chi connectivity index (χ2v) is 6.50. The van der Waals surface area contributed by atoms with E-state index in [0.29, 0.717) is 25.5 Å². The number of aryl methyl sites for hydroxylation is 3. The van der Waals surface area contributed by atoms with Crippen molar-refractivity contribution in [1.82, 2.24) is 14.9 Å². The Bertz CT molecular complexity index is 775. The number of hydrogen-bond donors (Lipinski definition) is 0. The second-order valence-electron chi connectivity index (χ2n) is 6.50. The van der Waals surface area contributed by atoms with E-state index in [9.17, 15) is 4.79 Å². The van der Waals surface area contributed by atoms with Gasteiger partial charge in [-0.3, -0.25) is 4.79 Å². The summed E-state index contributed by atoms with van der Waals surface area (Å²) in [7, 11) is 0. The molecule has 0 spiro atoms. The molecule has 1 amide bonds. The minimum absolute atomic E-state index is 0.0747. The van der Waals surface area contributed by atoms with Crippen LogP contribution in [0, 0.1) is 6.92 Å². The lowest BCUT2D eigenvalue weighted by atomic mass is 10.1. The van der Waals surface area contributed by atoms with Gasteiger partial charge >= 0.3 is 0 Å². The zero-order chi connectivity index (χ0) is 16.5. The van der Waals surface area contributed by atoms with Gasteiger partial charge in [-0.15, -0.1) is 0 Å². The van der Waals surface area contributed by atoms with Crippen LogP contribution in [0.2, 0.25) is 0 Å². The normalized spacial score (nSPS) is 20.0. The van der Waals surface area contributed by atoms with Gasteiger partial charge in [0.1, 0.15) is 6.10 Å². The Morgan fingerprint density at radius 2 is 2.12 bits per heavy atom. The molecule has 1 aliphatic carbocycles. The minimum Gasteiger partial charge on any atom is -0.367 e. The minimum atomic E-state index is -0.253. The highest BCUT2D eigenvalue weighted by atomic mass is 16.5. The molecule has 1 fully saturated rings. The molecule has 0 N–H and O–H groups in total. The fourth-order valence-electron chi connectivity index (χ4n) is 3.50. The lowest BCUT2D eigenvalue weighted by Gasteiger charge is -2.32. The fraction of sp³-hybridized carbons (Fsp3) is 0.421. The molecule has 5 heteroatoms. The van der Waals surface area contributed by atoms with Gasteiger partial charge in [0, 0.05) is 24.0 Å². The van der Waals surface area contributed by atoms with Crippen molar-refractivity contribution in [3.63, 3.8) is 0 Å². The number of aromatic nitrogens is 2. The molecule has 1 unspecified atom stereocenters. The first kappa shape index (κ1) is 15.3. The topological polar surface area (TPSA) is 55.3 Å². The van der Waals surface area contributed by atoms with Crippen LogP contribution in [0.25, 0.3) is 0 Å². The second kappa shape index (κ2) is 6.32. The van der Waals surface area contributed by atoms with Crippen LogP contribution in [0.5, 0.6) is 0 Å². The van der Waals surface area contributed by atoms with Gasteiger partial charge in [-0.2, -0.15) is 0 Å². The largest absolute Gasteiger partial charge is 0.367 e. The average molecular weight is 323 g/mol. The van der Waals surface area contributed by atoms with Crippen molar-refractivity contribution in [3.05, 3.63) is 58.7 Å². The molecule has 4 rings (SSSR count). The van der Waals surface area contributed by atoms with Gasteiger partial charge in [0.25, 0.3) is 5.91 Å². The van der Waals surface area contributed by atoms with Gasteiger partial charge in [-0.25, -0.2) is 9.97 Å². The van der Waals surface area contributed by atoms with E-state index in [0.717, 1.165) is 24.1 Å². The van der Waals surface area contributed by atoms with E-state index >= 15 is 0 Å². The molecule has 2 aliphatic rings. The Morgan fingerprint density at radius 3 is 3.00 bits per heavy atom. The van der Waals surface area contributed by atoms with E-state index in [2.05, 4.69) is 22.1 Å². The van der Waals surface area contributed by atoms with E-state index in [1.807, 2.05) is 24.0 Å². The number of amides is 1. The van der Waals surface area contributed by atoms with Crippen LogP contribution >= 0.6 is 0 Å². The Kier molecular flexibility index (Phi) is 4.02. The summed E-state index contributed by atoms with van der Waals surface area (Å²) >= 11 is 0. The number of rotatable bonds is 2. The Hall–Kier alpha value is -2.27. The highest BCUT2D eigenvalue weighted by Crippen LogP contribution is 2.25. The third-order valence-electron chi connectivity index (χ3n) is 4.80. The van der Waals surface area contributed by atoms with Crippen LogP contribution < -0.4 is 0 Å². The number of carbonyl (C=O) groups is 1. The van der Waals surface area contributed by atoms with Gasteiger partial charge in [-0.1, -0.05) is 6.07 Å². The number of morpholine rings is 1. The molecule has 1 atom stereocenters. The summed E-state index contributed by atoms with van der Waals surface area (Å²) in [4.78, 5) is 23.5.